The van der Waals surface area contributed by atoms with Crippen molar-refractivity contribution in [3.63, 3.8) is 0 Å². The molecular weight excluding hydrogens is 260 g/mol. The third-order valence-electron chi connectivity index (χ3n) is 3.36. The van der Waals surface area contributed by atoms with Gasteiger partial charge in [-0.1, -0.05) is 0 Å². The Kier molecular flexibility index (Phi) is 7.05. The van der Waals surface area contributed by atoms with Crippen LogP contribution in [0.25, 0.3) is 0 Å². The molecule has 0 radical (unpaired) electrons. The lowest BCUT2D eigenvalue weighted by Gasteiger charge is -2.23. The Morgan fingerprint density at radius 2 is 1.60 bits per heavy atom. The summed E-state index contributed by atoms with van der Waals surface area (Å²) >= 11 is 0. The highest BCUT2D eigenvalue weighted by molar-refractivity contribution is 5.21. The van der Waals surface area contributed by atoms with Gasteiger partial charge in [0.1, 0.15) is 11.6 Å². The van der Waals surface area contributed by atoms with Gasteiger partial charge in [0.15, 0.2) is 0 Å². The van der Waals surface area contributed by atoms with Gasteiger partial charge in [0.25, 0.3) is 0 Å². The van der Waals surface area contributed by atoms with Gasteiger partial charge in [0.2, 0.25) is 0 Å². The summed E-state index contributed by atoms with van der Waals surface area (Å²) in [7, 11) is 7.95. The Labute approximate surface area is 120 Å². The fourth-order valence-corrected chi connectivity index (χ4v) is 2.09. The van der Waals surface area contributed by atoms with Gasteiger partial charge >= 0.3 is 0 Å². The van der Waals surface area contributed by atoms with Crippen molar-refractivity contribution in [3.05, 3.63) is 35.4 Å². The van der Waals surface area contributed by atoms with Crippen LogP contribution >= 0.6 is 0 Å². The van der Waals surface area contributed by atoms with Gasteiger partial charge in [-0.3, -0.25) is 0 Å². The zero-order chi connectivity index (χ0) is 15.1. The smallest absolute Gasteiger partial charge is 0.126 e. The molecular formula is C15H25F2N3. The summed E-state index contributed by atoms with van der Waals surface area (Å²) in [5.41, 5.74) is 0.658. The highest BCUT2D eigenvalue weighted by Gasteiger charge is 2.12. The molecule has 0 aliphatic rings. The molecule has 0 aromatic heterocycles. The van der Waals surface area contributed by atoms with Crippen molar-refractivity contribution in [2.45, 2.75) is 12.5 Å². The molecule has 1 aromatic rings. The molecule has 0 aliphatic carbocycles. The third kappa shape index (κ3) is 5.94. The maximum absolute atomic E-state index is 13.2. The molecule has 0 spiro atoms. The van der Waals surface area contributed by atoms with E-state index in [4.69, 9.17) is 0 Å². The topological polar surface area (TPSA) is 18.5 Å². The average molecular weight is 285 g/mol. The van der Waals surface area contributed by atoms with Crippen LogP contribution in [0.1, 0.15) is 18.0 Å². The first-order valence-corrected chi connectivity index (χ1v) is 6.89. The molecule has 0 saturated heterocycles. The summed E-state index contributed by atoms with van der Waals surface area (Å²) in [5.74, 6) is -1.05. The van der Waals surface area contributed by atoms with Crippen LogP contribution in [0.4, 0.5) is 8.78 Å². The minimum Gasteiger partial charge on any atom is -0.313 e. The predicted molar refractivity (Wildman–Crippen MR) is 78.8 cm³/mol. The quantitative estimate of drug-likeness (QED) is 0.789. The van der Waals surface area contributed by atoms with Crippen molar-refractivity contribution < 1.29 is 8.78 Å². The molecule has 0 heterocycles. The van der Waals surface area contributed by atoms with Gasteiger partial charge in [-0.15, -0.1) is 0 Å². The molecule has 0 amide bonds. The number of nitrogens with one attached hydrogen (secondary N) is 1. The fraction of sp³-hybridized carbons (Fsp3) is 0.600. The van der Waals surface area contributed by atoms with E-state index in [1.165, 1.54) is 12.1 Å². The van der Waals surface area contributed by atoms with Crippen molar-refractivity contribution in [1.82, 2.24) is 15.1 Å². The first kappa shape index (κ1) is 17.0. The third-order valence-corrected chi connectivity index (χ3v) is 3.36. The standard InChI is InChI=1S/C15H25F2N3/c1-18-15(5-6-20(4)8-7-19(2)3)12-9-13(16)11-14(17)10-12/h9-11,15,18H,5-8H2,1-4H3. The van der Waals surface area contributed by atoms with Gasteiger partial charge < -0.3 is 15.1 Å². The Hall–Kier alpha value is -1.04. The average Bonchev–Trinajstić information content (AvgIpc) is 2.36. The van der Waals surface area contributed by atoms with E-state index in [1.807, 2.05) is 21.1 Å². The SMILES string of the molecule is CNC(CCN(C)CCN(C)C)c1cc(F)cc(F)c1. The summed E-state index contributed by atoms with van der Waals surface area (Å²) in [6, 6.07) is 3.65. The number of halogens is 2. The number of hydrogen-bond donors (Lipinski definition) is 1. The van der Waals surface area contributed by atoms with E-state index in [-0.39, 0.29) is 6.04 Å². The number of likely N-dealkylation sites (N-methyl/N-ethyl adjacent to an activating group) is 2. The van der Waals surface area contributed by atoms with Crippen LogP contribution < -0.4 is 5.32 Å². The minimum atomic E-state index is -0.527. The minimum absolute atomic E-state index is 0.0398. The van der Waals surface area contributed by atoms with Gasteiger partial charge in [-0.25, -0.2) is 8.78 Å². The summed E-state index contributed by atoms with van der Waals surface area (Å²) in [6.45, 7) is 2.84. The predicted octanol–water partition coefficient (Wildman–Crippen LogP) is 2.11. The van der Waals surface area contributed by atoms with Gasteiger partial charge in [0, 0.05) is 25.2 Å². The number of nitrogens with zero attached hydrogens (tertiary/aromatic N) is 2. The van der Waals surface area contributed by atoms with Crippen molar-refractivity contribution in [3.8, 4) is 0 Å². The van der Waals surface area contributed by atoms with Crippen LogP contribution in [0.3, 0.4) is 0 Å². The van der Waals surface area contributed by atoms with Gasteiger partial charge in [0.05, 0.1) is 0 Å². The maximum atomic E-state index is 13.2. The Morgan fingerprint density at radius 1 is 1.00 bits per heavy atom. The van der Waals surface area contributed by atoms with Crippen LogP contribution in [0.15, 0.2) is 18.2 Å². The van der Waals surface area contributed by atoms with Crippen LogP contribution in [0.5, 0.6) is 0 Å². The lowest BCUT2D eigenvalue weighted by Crippen LogP contribution is -2.31. The normalized spacial score (nSPS) is 13.2. The Morgan fingerprint density at radius 3 is 2.10 bits per heavy atom. The first-order valence-electron chi connectivity index (χ1n) is 6.89. The molecule has 0 fully saturated rings. The molecule has 114 valence electrons. The molecule has 1 atom stereocenters. The molecule has 1 rings (SSSR count). The van der Waals surface area contributed by atoms with Crippen LogP contribution in [0.2, 0.25) is 0 Å². The molecule has 20 heavy (non-hydrogen) atoms. The van der Waals surface area contributed by atoms with E-state index in [9.17, 15) is 8.78 Å². The number of rotatable bonds is 8. The van der Waals surface area contributed by atoms with Crippen LogP contribution in [0, 0.1) is 11.6 Å². The Balaban J connectivity index is 2.54. The molecule has 1 unspecified atom stereocenters. The number of hydrogen-bond acceptors (Lipinski definition) is 3. The zero-order valence-electron chi connectivity index (χ0n) is 12.8. The summed E-state index contributed by atoms with van der Waals surface area (Å²) in [4.78, 5) is 4.36. The highest BCUT2D eigenvalue weighted by Crippen LogP contribution is 2.19. The largest absolute Gasteiger partial charge is 0.313 e. The lowest BCUT2D eigenvalue weighted by molar-refractivity contribution is 0.270. The van der Waals surface area contributed by atoms with Crippen LogP contribution in [-0.4, -0.2) is 57.6 Å². The summed E-state index contributed by atoms with van der Waals surface area (Å²) < 4.78 is 26.5. The fourth-order valence-electron chi connectivity index (χ4n) is 2.09. The van der Waals surface area contributed by atoms with E-state index in [1.54, 1.807) is 0 Å². The molecule has 0 aliphatic heterocycles. The van der Waals surface area contributed by atoms with Crippen molar-refractivity contribution in [1.29, 1.82) is 0 Å². The van der Waals surface area contributed by atoms with Gasteiger partial charge in [-0.2, -0.15) is 0 Å². The second kappa shape index (κ2) is 8.29. The van der Waals surface area contributed by atoms with E-state index in [2.05, 4.69) is 22.2 Å². The lowest BCUT2D eigenvalue weighted by atomic mass is 10.0. The van der Waals surface area contributed by atoms with Crippen molar-refractivity contribution in [2.24, 2.45) is 0 Å². The van der Waals surface area contributed by atoms with Gasteiger partial charge in [-0.05, 0) is 58.9 Å². The zero-order valence-corrected chi connectivity index (χ0v) is 12.8. The van der Waals surface area contributed by atoms with E-state index in [0.717, 1.165) is 32.1 Å². The number of benzene rings is 1. The molecule has 5 heteroatoms. The van der Waals surface area contributed by atoms with E-state index >= 15 is 0 Å². The van der Waals surface area contributed by atoms with E-state index < -0.39 is 11.6 Å². The van der Waals surface area contributed by atoms with Crippen molar-refractivity contribution in [2.75, 3.05) is 47.8 Å². The first-order chi connectivity index (χ1) is 9.42. The Bertz CT molecular complexity index is 390. The highest BCUT2D eigenvalue weighted by atomic mass is 19.1. The molecule has 1 aromatic carbocycles. The molecule has 0 saturated carbocycles. The maximum Gasteiger partial charge on any atom is 0.126 e. The second-order valence-electron chi connectivity index (χ2n) is 5.44. The van der Waals surface area contributed by atoms with Crippen LogP contribution in [-0.2, 0) is 0 Å². The second-order valence-corrected chi connectivity index (χ2v) is 5.44. The monoisotopic (exact) mass is 285 g/mol. The molecule has 1 N–H and O–H groups in total. The summed E-state index contributed by atoms with van der Waals surface area (Å²) in [6.07, 6.45) is 0.809. The molecule has 0 bridgehead atoms. The molecule has 3 nitrogen and oxygen atoms in total. The van der Waals surface area contributed by atoms with E-state index in [0.29, 0.717) is 5.56 Å². The summed E-state index contributed by atoms with van der Waals surface area (Å²) in [5, 5.41) is 3.12. The van der Waals surface area contributed by atoms with Crippen molar-refractivity contribution >= 4 is 0 Å².